The van der Waals surface area contributed by atoms with E-state index in [4.69, 9.17) is 9.16 Å². The fourth-order valence-corrected chi connectivity index (χ4v) is 1.95. The third-order valence-electron chi connectivity index (χ3n) is 1.34. The fourth-order valence-electron chi connectivity index (χ4n) is 1.01. The first-order valence-electron chi connectivity index (χ1n) is 4.07. The predicted octanol–water partition coefficient (Wildman–Crippen LogP) is 2.49. The number of hydrogen-bond acceptors (Lipinski definition) is 2. The smallest absolute Gasteiger partial charge is 0.241 e. The zero-order valence-electron chi connectivity index (χ0n) is 7.52. The molecule has 3 heteroatoms. The second-order valence-electron chi connectivity index (χ2n) is 3.77. The average Bonchev–Trinajstić information content (AvgIpc) is 1.85. The zero-order chi connectivity index (χ0) is 8.32. The van der Waals surface area contributed by atoms with Gasteiger partial charge in [0.15, 0.2) is 0 Å². The van der Waals surface area contributed by atoms with Gasteiger partial charge in [-0.15, -0.1) is 0 Å². The molecule has 0 fully saturated rings. The van der Waals surface area contributed by atoms with Crippen molar-refractivity contribution in [3.63, 3.8) is 0 Å². The molecule has 1 rings (SSSR count). The van der Waals surface area contributed by atoms with Gasteiger partial charge < -0.3 is 9.16 Å². The number of rotatable bonds is 2. The van der Waals surface area contributed by atoms with E-state index in [2.05, 4.69) is 19.6 Å². The Morgan fingerprint density at radius 3 is 2.64 bits per heavy atom. The molecular formula is C8H16O2Si. The van der Waals surface area contributed by atoms with Gasteiger partial charge in [-0.25, -0.2) is 0 Å². The maximum absolute atomic E-state index is 5.75. The van der Waals surface area contributed by atoms with Crippen molar-refractivity contribution in [2.75, 3.05) is 6.61 Å². The summed E-state index contributed by atoms with van der Waals surface area (Å²) in [6, 6.07) is 0. The number of ether oxygens (including phenoxy) is 1. The molecule has 1 heterocycles. The molecule has 0 spiro atoms. The Balaban J connectivity index is 2.42. The van der Waals surface area contributed by atoms with Crippen LogP contribution in [0.4, 0.5) is 0 Å². The zero-order valence-corrected chi connectivity index (χ0v) is 8.52. The lowest BCUT2D eigenvalue weighted by atomic mass is 10.3. The van der Waals surface area contributed by atoms with Gasteiger partial charge in [0.25, 0.3) is 0 Å². The van der Waals surface area contributed by atoms with Crippen LogP contribution in [0.5, 0.6) is 0 Å². The molecule has 0 bridgehead atoms. The Hall–Kier alpha value is -0.443. The molecule has 1 aliphatic heterocycles. The SMILES string of the molecule is C[Si](C)(C)OC1=COCCC1. The van der Waals surface area contributed by atoms with Gasteiger partial charge in [0.1, 0.15) is 12.0 Å². The van der Waals surface area contributed by atoms with Gasteiger partial charge in [-0.1, -0.05) is 0 Å². The van der Waals surface area contributed by atoms with Crippen LogP contribution in [0.3, 0.4) is 0 Å². The third kappa shape index (κ3) is 3.46. The molecule has 0 unspecified atom stereocenters. The summed E-state index contributed by atoms with van der Waals surface area (Å²) in [5.41, 5.74) is 0. The maximum atomic E-state index is 5.75. The molecule has 0 aromatic rings. The monoisotopic (exact) mass is 172 g/mol. The van der Waals surface area contributed by atoms with Crippen LogP contribution in [0, 0.1) is 0 Å². The van der Waals surface area contributed by atoms with Gasteiger partial charge in [0, 0.05) is 6.42 Å². The van der Waals surface area contributed by atoms with E-state index in [0.717, 1.165) is 25.2 Å². The van der Waals surface area contributed by atoms with Crippen LogP contribution >= 0.6 is 0 Å². The van der Waals surface area contributed by atoms with E-state index in [1.54, 1.807) is 6.26 Å². The minimum Gasteiger partial charge on any atom is -0.545 e. The highest BCUT2D eigenvalue weighted by Crippen LogP contribution is 2.18. The minimum absolute atomic E-state index is 0.846. The fraction of sp³-hybridized carbons (Fsp3) is 0.750. The molecule has 0 amide bonds. The van der Waals surface area contributed by atoms with Crippen molar-refractivity contribution in [2.24, 2.45) is 0 Å². The highest BCUT2D eigenvalue weighted by Gasteiger charge is 2.18. The molecule has 1 aliphatic rings. The second-order valence-corrected chi connectivity index (χ2v) is 8.20. The quantitative estimate of drug-likeness (QED) is 0.596. The lowest BCUT2D eigenvalue weighted by Crippen LogP contribution is -2.25. The van der Waals surface area contributed by atoms with E-state index < -0.39 is 8.32 Å². The normalized spacial score (nSPS) is 18.6. The van der Waals surface area contributed by atoms with Crippen LogP contribution in [0.15, 0.2) is 12.0 Å². The van der Waals surface area contributed by atoms with Gasteiger partial charge in [0.2, 0.25) is 8.32 Å². The van der Waals surface area contributed by atoms with Crippen LogP contribution in [-0.4, -0.2) is 14.9 Å². The average molecular weight is 172 g/mol. The Morgan fingerprint density at radius 1 is 1.45 bits per heavy atom. The van der Waals surface area contributed by atoms with Crippen molar-refractivity contribution < 1.29 is 9.16 Å². The van der Waals surface area contributed by atoms with E-state index in [-0.39, 0.29) is 0 Å². The van der Waals surface area contributed by atoms with Crippen LogP contribution in [0.1, 0.15) is 12.8 Å². The molecular weight excluding hydrogens is 156 g/mol. The summed E-state index contributed by atoms with van der Waals surface area (Å²) in [6.45, 7) is 7.39. The minimum atomic E-state index is -1.39. The standard InChI is InChI=1S/C8H16O2Si/c1-11(2,3)10-8-5-4-6-9-7-8/h7H,4-6H2,1-3H3. The Bertz CT molecular complexity index is 158. The topological polar surface area (TPSA) is 18.5 Å². The molecule has 0 aromatic carbocycles. The van der Waals surface area contributed by atoms with E-state index >= 15 is 0 Å². The van der Waals surface area contributed by atoms with Crippen LogP contribution in [0.2, 0.25) is 19.6 Å². The maximum Gasteiger partial charge on any atom is 0.241 e. The second kappa shape index (κ2) is 3.30. The number of hydrogen-bond donors (Lipinski definition) is 0. The molecule has 0 aliphatic carbocycles. The highest BCUT2D eigenvalue weighted by atomic mass is 28.4. The summed E-state index contributed by atoms with van der Waals surface area (Å²) >= 11 is 0. The van der Waals surface area contributed by atoms with Gasteiger partial charge in [-0.2, -0.15) is 0 Å². The molecule has 0 saturated heterocycles. The lowest BCUT2D eigenvalue weighted by Gasteiger charge is -2.23. The Labute approximate surface area is 69.3 Å². The summed E-state index contributed by atoms with van der Waals surface area (Å²) in [5, 5.41) is 0. The first-order valence-corrected chi connectivity index (χ1v) is 7.48. The van der Waals surface area contributed by atoms with Gasteiger partial charge in [0.05, 0.1) is 6.61 Å². The molecule has 0 atom stereocenters. The van der Waals surface area contributed by atoms with Crippen molar-refractivity contribution in [1.29, 1.82) is 0 Å². The van der Waals surface area contributed by atoms with Crippen LogP contribution in [-0.2, 0) is 9.16 Å². The van der Waals surface area contributed by atoms with Gasteiger partial charge in [-0.05, 0) is 26.1 Å². The largest absolute Gasteiger partial charge is 0.545 e. The molecule has 0 N–H and O–H groups in total. The third-order valence-corrected chi connectivity index (χ3v) is 2.21. The molecule has 0 saturated carbocycles. The predicted molar refractivity (Wildman–Crippen MR) is 47.7 cm³/mol. The molecule has 11 heavy (non-hydrogen) atoms. The lowest BCUT2D eigenvalue weighted by molar-refractivity contribution is 0.194. The van der Waals surface area contributed by atoms with Crippen LogP contribution < -0.4 is 0 Å². The molecule has 2 nitrogen and oxygen atoms in total. The highest BCUT2D eigenvalue weighted by molar-refractivity contribution is 6.70. The van der Waals surface area contributed by atoms with Crippen molar-refractivity contribution >= 4 is 8.32 Å². The Morgan fingerprint density at radius 2 is 2.18 bits per heavy atom. The summed E-state index contributed by atoms with van der Waals surface area (Å²) in [4.78, 5) is 0. The summed E-state index contributed by atoms with van der Waals surface area (Å²) in [5.74, 6) is 1.04. The van der Waals surface area contributed by atoms with Crippen molar-refractivity contribution in [1.82, 2.24) is 0 Å². The first-order chi connectivity index (χ1) is 5.08. The number of allylic oxidation sites excluding steroid dienone is 1. The Kier molecular flexibility index (Phi) is 2.60. The van der Waals surface area contributed by atoms with Crippen molar-refractivity contribution in [3.8, 4) is 0 Å². The van der Waals surface area contributed by atoms with Gasteiger partial charge >= 0.3 is 0 Å². The van der Waals surface area contributed by atoms with Crippen LogP contribution in [0.25, 0.3) is 0 Å². The summed E-state index contributed by atoms with van der Waals surface area (Å²) in [7, 11) is -1.39. The summed E-state index contributed by atoms with van der Waals surface area (Å²) < 4.78 is 10.9. The molecule has 64 valence electrons. The van der Waals surface area contributed by atoms with E-state index in [1.165, 1.54) is 0 Å². The van der Waals surface area contributed by atoms with Crippen molar-refractivity contribution in [3.05, 3.63) is 12.0 Å². The van der Waals surface area contributed by atoms with E-state index in [9.17, 15) is 0 Å². The van der Waals surface area contributed by atoms with E-state index in [1.807, 2.05) is 0 Å². The summed E-state index contributed by atoms with van der Waals surface area (Å²) in [6.07, 6.45) is 3.91. The molecule has 0 aromatic heterocycles. The van der Waals surface area contributed by atoms with E-state index in [0.29, 0.717) is 0 Å². The molecule has 0 radical (unpaired) electrons. The first kappa shape index (κ1) is 8.65. The van der Waals surface area contributed by atoms with Crippen molar-refractivity contribution in [2.45, 2.75) is 32.5 Å². The van der Waals surface area contributed by atoms with Gasteiger partial charge in [-0.3, -0.25) is 0 Å².